The van der Waals surface area contributed by atoms with Gasteiger partial charge in [0.1, 0.15) is 0 Å². The van der Waals surface area contributed by atoms with Gasteiger partial charge in [0, 0.05) is 11.8 Å². The first kappa shape index (κ1) is 11.9. The van der Waals surface area contributed by atoms with Crippen molar-refractivity contribution in [2.24, 2.45) is 11.0 Å². The van der Waals surface area contributed by atoms with E-state index < -0.39 is 0 Å². The molecule has 0 aromatic carbocycles. The topological polar surface area (TPSA) is 53.5 Å². The molecule has 0 heterocycles. The van der Waals surface area contributed by atoms with Crippen molar-refractivity contribution in [2.75, 3.05) is 0 Å². The maximum atomic E-state index is 11.1. The van der Waals surface area contributed by atoms with E-state index >= 15 is 0 Å². The van der Waals surface area contributed by atoms with Crippen molar-refractivity contribution >= 4 is 11.7 Å². The predicted octanol–water partition coefficient (Wildman–Crippen LogP) is 1.73. The third-order valence-electron chi connectivity index (χ3n) is 1.59. The van der Waals surface area contributed by atoms with Gasteiger partial charge in [-0.2, -0.15) is 5.10 Å². The molecule has 0 saturated carbocycles. The summed E-state index contributed by atoms with van der Waals surface area (Å²) in [4.78, 5) is 11.1. The highest BCUT2D eigenvalue weighted by molar-refractivity contribution is 5.85. The van der Waals surface area contributed by atoms with Crippen LogP contribution in [0.4, 0.5) is 4.79 Å². The first-order chi connectivity index (χ1) is 5.93. The number of amides is 2. The summed E-state index contributed by atoms with van der Waals surface area (Å²) in [7, 11) is 0. The van der Waals surface area contributed by atoms with Crippen LogP contribution in [0.2, 0.25) is 0 Å². The summed E-state index contributed by atoms with van der Waals surface area (Å²) in [5, 5.41) is 6.61. The summed E-state index contributed by atoms with van der Waals surface area (Å²) < 4.78 is 0. The van der Waals surface area contributed by atoms with Crippen LogP contribution in [0, 0.1) is 5.92 Å². The zero-order valence-electron chi connectivity index (χ0n) is 9.01. The molecule has 0 aliphatic rings. The third kappa shape index (κ3) is 6.13. The number of carbonyl (C=O) groups is 1. The van der Waals surface area contributed by atoms with Gasteiger partial charge >= 0.3 is 6.03 Å². The van der Waals surface area contributed by atoms with E-state index in [1.807, 2.05) is 34.6 Å². The number of rotatable bonds is 3. The highest BCUT2D eigenvalue weighted by atomic mass is 16.2. The fraction of sp³-hybridized carbons (Fsp3) is 0.778. The molecule has 0 unspecified atom stereocenters. The van der Waals surface area contributed by atoms with E-state index in [4.69, 9.17) is 0 Å². The lowest BCUT2D eigenvalue weighted by molar-refractivity contribution is 0.239. The smallest absolute Gasteiger partial charge is 0.335 e. The first-order valence-corrected chi connectivity index (χ1v) is 4.54. The Kier molecular flexibility index (Phi) is 5.11. The van der Waals surface area contributed by atoms with Gasteiger partial charge in [0.05, 0.1) is 0 Å². The highest BCUT2D eigenvalue weighted by Crippen LogP contribution is 1.94. The molecule has 0 aromatic rings. The van der Waals surface area contributed by atoms with Crippen LogP contribution < -0.4 is 10.7 Å². The maximum absolute atomic E-state index is 11.1. The van der Waals surface area contributed by atoms with E-state index in [1.54, 1.807) is 0 Å². The van der Waals surface area contributed by atoms with Crippen molar-refractivity contribution in [1.29, 1.82) is 0 Å². The molecule has 2 amide bonds. The van der Waals surface area contributed by atoms with Crippen molar-refractivity contribution in [1.82, 2.24) is 10.7 Å². The zero-order chi connectivity index (χ0) is 10.4. The number of carbonyl (C=O) groups excluding carboxylic acids is 1. The minimum Gasteiger partial charge on any atom is -0.335 e. The molecule has 0 aliphatic carbocycles. The molecular formula is C9H19N3O. The molecule has 4 nitrogen and oxygen atoms in total. The Morgan fingerprint density at radius 3 is 2.15 bits per heavy atom. The van der Waals surface area contributed by atoms with Gasteiger partial charge in [0.2, 0.25) is 0 Å². The van der Waals surface area contributed by atoms with Gasteiger partial charge in [0.25, 0.3) is 0 Å². The van der Waals surface area contributed by atoms with Gasteiger partial charge in [-0.25, -0.2) is 10.2 Å². The van der Waals surface area contributed by atoms with Gasteiger partial charge in [0.15, 0.2) is 0 Å². The van der Waals surface area contributed by atoms with E-state index in [-0.39, 0.29) is 12.1 Å². The molecule has 0 spiro atoms. The molecule has 2 N–H and O–H groups in total. The monoisotopic (exact) mass is 185 g/mol. The van der Waals surface area contributed by atoms with Crippen LogP contribution in [0.15, 0.2) is 5.10 Å². The third-order valence-corrected chi connectivity index (χ3v) is 1.59. The normalized spacial score (nSPS) is 12.1. The van der Waals surface area contributed by atoms with Crippen LogP contribution >= 0.6 is 0 Å². The molecule has 4 heteroatoms. The molecular weight excluding hydrogens is 166 g/mol. The van der Waals surface area contributed by atoms with Crippen LogP contribution in [0.5, 0.6) is 0 Å². The van der Waals surface area contributed by atoms with Crippen molar-refractivity contribution in [3.63, 3.8) is 0 Å². The Labute approximate surface area is 79.8 Å². The second-order valence-corrected chi connectivity index (χ2v) is 3.65. The number of nitrogens with zero attached hydrogens (tertiary/aromatic N) is 1. The summed E-state index contributed by atoms with van der Waals surface area (Å²) in [5.74, 6) is 0.361. The van der Waals surface area contributed by atoms with E-state index in [9.17, 15) is 4.79 Å². The lowest BCUT2D eigenvalue weighted by Crippen LogP contribution is -2.37. The van der Waals surface area contributed by atoms with Crippen LogP contribution in [0.3, 0.4) is 0 Å². The quantitative estimate of drug-likeness (QED) is 0.510. The van der Waals surface area contributed by atoms with Crippen LogP contribution in [-0.2, 0) is 0 Å². The fourth-order valence-electron chi connectivity index (χ4n) is 0.563. The lowest BCUT2D eigenvalue weighted by Gasteiger charge is -2.08. The average molecular weight is 185 g/mol. The molecule has 0 atom stereocenters. The Morgan fingerprint density at radius 1 is 1.23 bits per heavy atom. The zero-order valence-corrected chi connectivity index (χ0v) is 9.01. The summed E-state index contributed by atoms with van der Waals surface area (Å²) >= 11 is 0. The van der Waals surface area contributed by atoms with E-state index in [1.165, 1.54) is 0 Å². The predicted molar refractivity (Wildman–Crippen MR) is 54.8 cm³/mol. The molecule has 0 aliphatic heterocycles. The Balaban J connectivity index is 3.88. The van der Waals surface area contributed by atoms with Crippen molar-refractivity contribution in [2.45, 2.75) is 40.7 Å². The second-order valence-electron chi connectivity index (χ2n) is 3.65. The molecule has 0 saturated heterocycles. The number of hydrogen-bond donors (Lipinski definition) is 2. The summed E-state index contributed by atoms with van der Waals surface area (Å²) in [6.07, 6.45) is 0. The molecule has 0 aromatic heterocycles. The lowest BCUT2D eigenvalue weighted by atomic mass is 10.1. The largest absolute Gasteiger partial charge is 0.335 e. The Bertz CT molecular complexity index is 197. The van der Waals surface area contributed by atoms with Crippen molar-refractivity contribution in [3.8, 4) is 0 Å². The van der Waals surface area contributed by atoms with Gasteiger partial charge in [-0.05, 0) is 26.7 Å². The molecule has 0 radical (unpaired) electrons. The minimum atomic E-state index is -0.255. The standard InChI is InChI=1S/C9H19N3O/c1-6(2)8(5)11-12-9(13)10-7(3)4/h6-7H,1-5H3,(H2,10,12,13)/b11-8+. The average Bonchev–Trinajstić information content (AvgIpc) is 1.98. The van der Waals surface area contributed by atoms with E-state index in [0.29, 0.717) is 5.92 Å². The SMILES string of the molecule is C/C(=N\NC(=O)NC(C)C)C(C)C. The first-order valence-electron chi connectivity index (χ1n) is 4.54. The molecule has 0 bridgehead atoms. The highest BCUT2D eigenvalue weighted by Gasteiger charge is 2.01. The number of nitrogens with one attached hydrogen (secondary N) is 2. The number of hydrazone groups is 1. The molecule has 0 rings (SSSR count). The van der Waals surface area contributed by atoms with Gasteiger partial charge in [-0.3, -0.25) is 0 Å². The van der Waals surface area contributed by atoms with E-state index in [2.05, 4.69) is 15.8 Å². The summed E-state index contributed by atoms with van der Waals surface area (Å²) in [6.45, 7) is 9.75. The number of urea groups is 1. The molecule has 76 valence electrons. The molecule has 13 heavy (non-hydrogen) atoms. The van der Waals surface area contributed by atoms with Gasteiger partial charge < -0.3 is 5.32 Å². The maximum Gasteiger partial charge on any atom is 0.335 e. The van der Waals surface area contributed by atoms with Gasteiger partial charge in [-0.15, -0.1) is 0 Å². The second kappa shape index (κ2) is 5.56. The summed E-state index contributed by atoms with van der Waals surface area (Å²) in [5.41, 5.74) is 3.35. The Hall–Kier alpha value is -1.06. The number of hydrogen-bond acceptors (Lipinski definition) is 2. The van der Waals surface area contributed by atoms with Crippen molar-refractivity contribution in [3.05, 3.63) is 0 Å². The summed E-state index contributed by atoms with van der Waals surface area (Å²) in [6, 6.07) is -0.121. The van der Waals surface area contributed by atoms with Gasteiger partial charge in [-0.1, -0.05) is 13.8 Å². The fourth-order valence-corrected chi connectivity index (χ4v) is 0.563. The minimum absolute atomic E-state index is 0.134. The van der Waals surface area contributed by atoms with E-state index in [0.717, 1.165) is 5.71 Å². The van der Waals surface area contributed by atoms with Crippen LogP contribution in [0.1, 0.15) is 34.6 Å². The van der Waals surface area contributed by atoms with Crippen LogP contribution in [-0.4, -0.2) is 17.8 Å². The molecule has 0 fully saturated rings. The Morgan fingerprint density at radius 2 is 1.77 bits per heavy atom. The van der Waals surface area contributed by atoms with Crippen molar-refractivity contribution < 1.29 is 4.79 Å². The van der Waals surface area contributed by atoms with Crippen LogP contribution in [0.25, 0.3) is 0 Å².